The number of pyridine rings is 1. The Hall–Kier alpha value is -1.82. The van der Waals surface area contributed by atoms with E-state index in [1.165, 1.54) is 0 Å². The van der Waals surface area contributed by atoms with Crippen molar-refractivity contribution in [3.05, 3.63) is 64.2 Å². The van der Waals surface area contributed by atoms with Crippen molar-refractivity contribution in [1.29, 1.82) is 0 Å². The first kappa shape index (κ1) is 12.9. The van der Waals surface area contributed by atoms with Gasteiger partial charge in [-0.1, -0.05) is 29.8 Å². The van der Waals surface area contributed by atoms with E-state index in [0.717, 1.165) is 31.8 Å². The Kier molecular flexibility index (Phi) is 2.99. The zero-order valence-electron chi connectivity index (χ0n) is 10.8. The monoisotopic (exact) mass is 361 g/mol. The number of anilines is 2. The number of aromatic nitrogens is 1. The van der Waals surface area contributed by atoms with Crippen molar-refractivity contribution in [3.8, 4) is 0 Å². The zero-order valence-corrected chi connectivity index (χ0v) is 13.2. The molecule has 0 atom stereocenters. The van der Waals surface area contributed by atoms with E-state index in [-0.39, 0.29) is 0 Å². The first-order valence-electron chi connectivity index (χ1n) is 6.44. The minimum atomic E-state index is 0.722. The van der Waals surface area contributed by atoms with Crippen LogP contribution in [0.2, 0.25) is 5.02 Å². The fourth-order valence-corrected chi connectivity index (χ4v) is 3.18. The Morgan fingerprint density at radius 3 is 2.48 bits per heavy atom. The molecule has 104 valence electrons. The number of hydrogen-bond donors (Lipinski definition) is 2. The van der Waals surface area contributed by atoms with Crippen LogP contribution < -0.4 is 20.8 Å². The predicted molar refractivity (Wildman–Crippen MR) is 87.9 cm³/mol. The number of benzene rings is 2. The first-order valence-corrected chi connectivity index (χ1v) is 7.61. The first-order chi connectivity index (χ1) is 10.2. The molecule has 0 spiro atoms. The molecule has 2 heterocycles. The lowest BCUT2D eigenvalue weighted by Crippen LogP contribution is -2.45. The molecule has 1 aliphatic rings. The lowest BCUT2D eigenvalue weighted by atomic mass is 10.1. The molecule has 2 aromatic carbocycles. The number of nitrogens with zero attached hydrogens (tertiary/aromatic N) is 2. The van der Waals surface area contributed by atoms with Crippen LogP contribution in [0.1, 0.15) is 0 Å². The van der Waals surface area contributed by atoms with E-state index in [2.05, 4.69) is 39.1 Å². The number of hydrazine groups is 2. The van der Waals surface area contributed by atoms with E-state index in [0.29, 0.717) is 0 Å². The van der Waals surface area contributed by atoms with Gasteiger partial charge in [0.1, 0.15) is 11.9 Å². The SMILES string of the molecule is Clc1ccc(N2NN[n+]3cc(Br)c4ccccc4c32)cc1. The normalized spacial score (nSPS) is 13.3. The summed E-state index contributed by atoms with van der Waals surface area (Å²) in [4.78, 5) is 0. The third-order valence-electron chi connectivity index (χ3n) is 3.47. The maximum atomic E-state index is 5.97. The molecule has 4 rings (SSSR count). The fourth-order valence-electron chi connectivity index (χ4n) is 2.51. The van der Waals surface area contributed by atoms with E-state index >= 15 is 0 Å². The van der Waals surface area contributed by atoms with Gasteiger partial charge in [0.25, 0.3) is 0 Å². The Bertz CT molecular complexity index is 835. The van der Waals surface area contributed by atoms with Crippen LogP contribution in [-0.4, -0.2) is 0 Å². The van der Waals surface area contributed by atoms with Gasteiger partial charge in [-0.2, -0.15) is 0 Å². The quantitative estimate of drug-likeness (QED) is 0.648. The smallest absolute Gasteiger partial charge is 0.150 e. The topological polar surface area (TPSA) is 31.2 Å². The van der Waals surface area contributed by atoms with Crippen LogP contribution in [0, 0.1) is 0 Å². The van der Waals surface area contributed by atoms with Crippen LogP contribution in [0.4, 0.5) is 11.5 Å². The predicted octanol–water partition coefficient (Wildman–Crippen LogP) is 3.66. The maximum absolute atomic E-state index is 5.97. The minimum absolute atomic E-state index is 0.722. The van der Waals surface area contributed by atoms with Crippen molar-refractivity contribution in [2.45, 2.75) is 0 Å². The van der Waals surface area contributed by atoms with Crippen LogP contribution in [0.15, 0.2) is 59.2 Å². The van der Waals surface area contributed by atoms with Gasteiger partial charge in [0, 0.05) is 10.4 Å². The van der Waals surface area contributed by atoms with Gasteiger partial charge in [-0.25, -0.2) is 0 Å². The molecule has 21 heavy (non-hydrogen) atoms. The molecule has 1 aliphatic heterocycles. The van der Waals surface area contributed by atoms with Crippen molar-refractivity contribution in [3.63, 3.8) is 0 Å². The molecule has 0 saturated heterocycles. The highest BCUT2D eigenvalue weighted by Gasteiger charge is 2.32. The highest BCUT2D eigenvalue weighted by atomic mass is 79.9. The van der Waals surface area contributed by atoms with Gasteiger partial charge in [0.15, 0.2) is 0 Å². The molecular weight excluding hydrogens is 352 g/mol. The van der Waals surface area contributed by atoms with Gasteiger partial charge in [-0.3, -0.25) is 0 Å². The molecule has 4 nitrogen and oxygen atoms in total. The van der Waals surface area contributed by atoms with Gasteiger partial charge >= 0.3 is 5.82 Å². The summed E-state index contributed by atoms with van der Waals surface area (Å²) < 4.78 is 2.98. The van der Waals surface area contributed by atoms with Crippen LogP contribution in [-0.2, 0) is 0 Å². The molecule has 0 amide bonds. The minimum Gasteiger partial charge on any atom is -0.150 e. The molecular formula is C15H11BrClN4+. The number of hydrogen-bond acceptors (Lipinski definition) is 3. The van der Waals surface area contributed by atoms with Gasteiger partial charge < -0.3 is 0 Å². The second-order valence-electron chi connectivity index (χ2n) is 4.75. The van der Waals surface area contributed by atoms with Gasteiger partial charge in [-0.05, 0) is 51.8 Å². The van der Waals surface area contributed by atoms with E-state index in [1.807, 2.05) is 52.3 Å². The number of rotatable bonds is 1. The van der Waals surface area contributed by atoms with Crippen LogP contribution >= 0.6 is 27.5 Å². The number of fused-ring (bicyclic) bond motifs is 3. The summed E-state index contributed by atoms with van der Waals surface area (Å²) in [6.45, 7) is 0. The lowest BCUT2D eigenvalue weighted by Gasteiger charge is -2.09. The lowest BCUT2D eigenvalue weighted by molar-refractivity contribution is -0.630. The van der Waals surface area contributed by atoms with Crippen LogP contribution in [0.25, 0.3) is 10.8 Å². The second kappa shape index (κ2) is 4.87. The third-order valence-corrected chi connectivity index (χ3v) is 4.36. The Labute approximate surface area is 135 Å². The molecule has 0 fully saturated rings. The van der Waals surface area contributed by atoms with Gasteiger partial charge in [0.05, 0.1) is 9.86 Å². The Balaban J connectivity index is 1.95. The molecule has 0 bridgehead atoms. The molecule has 6 heteroatoms. The Morgan fingerprint density at radius 1 is 1.00 bits per heavy atom. The molecule has 0 radical (unpaired) electrons. The van der Waals surface area contributed by atoms with Crippen molar-refractivity contribution < 1.29 is 4.68 Å². The van der Waals surface area contributed by atoms with E-state index in [9.17, 15) is 0 Å². The number of halogens is 2. The summed E-state index contributed by atoms with van der Waals surface area (Å²) >= 11 is 9.58. The molecule has 0 saturated carbocycles. The maximum Gasteiger partial charge on any atom is 0.334 e. The molecule has 1 aromatic heterocycles. The fraction of sp³-hybridized carbons (Fsp3) is 0. The average molecular weight is 363 g/mol. The summed E-state index contributed by atoms with van der Waals surface area (Å²) in [6.07, 6.45) is 2.00. The van der Waals surface area contributed by atoms with Gasteiger partial charge in [0.2, 0.25) is 0 Å². The van der Waals surface area contributed by atoms with Crippen LogP contribution in [0.3, 0.4) is 0 Å². The molecule has 3 aromatic rings. The second-order valence-corrected chi connectivity index (χ2v) is 6.04. The average Bonchev–Trinajstić information content (AvgIpc) is 2.92. The van der Waals surface area contributed by atoms with E-state index < -0.39 is 0 Å². The molecule has 2 N–H and O–H groups in total. The largest absolute Gasteiger partial charge is 0.334 e. The highest BCUT2D eigenvalue weighted by Crippen LogP contribution is 2.33. The highest BCUT2D eigenvalue weighted by molar-refractivity contribution is 9.10. The van der Waals surface area contributed by atoms with Crippen molar-refractivity contribution in [2.75, 3.05) is 10.5 Å². The summed E-state index contributed by atoms with van der Waals surface area (Å²) in [5.74, 6) is 1.02. The molecule has 0 unspecified atom stereocenters. The van der Waals surface area contributed by atoms with Gasteiger partial charge in [-0.15, -0.1) is 15.2 Å². The Morgan fingerprint density at radius 2 is 1.71 bits per heavy atom. The van der Waals surface area contributed by atoms with Crippen LogP contribution in [0.5, 0.6) is 0 Å². The van der Waals surface area contributed by atoms with E-state index in [4.69, 9.17) is 11.6 Å². The van der Waals surface area contributed by atoms with Crippen molar-refractivity contribution in [2.24, 2.45) is 0 Å². The number of nitrogens with one attached hydrogen (secondary N) is 2. The third kappa shape index (κ3) is 2.05. The summed E-state index contributed by atoms with van der Waals surface area (Å²) in [5, 5.41) is 5.01. The summed E-state index contributed by atoms with van der Waals surface area (Å²) in [7, 11) is 0. The summed E-state index contributed by atoms with van der Waals surface area (Å²) in [5.41, 5.74) is 7.29. The van der Waals surface area contributed by atoms with Crippen molar-refractivity contribution in [1.82, 2.24) is 5.53 Å². The standard InChI is InChI=1S/C15H11BrClN4/c16-14-9-20-15(13-4-2-1-3-12(13)14)21(19-18-20)11-7-5-10(17)6-8-11/h1-9,18-19H/q+1. The molecule has 0 aliphatic carbocycles. The van der Waals surface area contributed by atoms with E-state index in [1.54, 1.807) is 0 Å². The van der Waals surface area contributed by atoms with Crippen molar-refractivity contribution >= 4 is 49.8 Å². The summed E-state index contributed by atoms with van der Waals surface area (Å²) in [6, 6.07) is 16.0. The zero-order chi connectivity index (χ0) is 14.4.